The van der Waals surface area contributed by atoms with Crippen LogP contribution in [-0.4, -0.2) is 69.4 Å². The van der Waals surface area contributed by atoms with Gasteiger partial charge in [0.25, 0.3) is 0 Å². The molecule has 172 valence electrons. The van der Waals surface area contributed by atoms with E-state index in [1.54, 1.807) is 0 Å². The first-order valence-electron chi connectivity index (χ1n) is 10.3. The average Bonchev–Trinajstić information content (AvgIpc) is 2.66. The van der Waals surface area contributed by atoms with Gasteiger partial charge >= 0.3 is 14.8 Å². The van der Waals surface area contributed by atoms with Crippen molar-refractivity contribution in [3.63, 3.8) is 0 Å². The number of carbonyl (C=O) groups is 1. The fourth-order valence-corrected chi connectivity index (χ4v) is 6.55. The van der Waals surface area contributed by atoms with E-state index in [1.807, 2.05) is 70.9 Å². The molecule has 0 aliphatic rings. The first-order valence-corrected chi connectivity index (χ1v) is 13.1. The highest BCUT2D eigenvalue weighted by molar-refractivity contribution is 9.10. The Morgan fingerprint density at radius 3 is 1.83 bits per heavy atom. The second kappa shape index (κ2) is 13.2. The van der Waals surface area contributed by atoms with Crippen molar-refractivity contribution in [2.24, 2.45) is 0 Å². The minimum Gasteiger partial charge on any atom is -0.377 e. The van der Waals surface area contributed by atoms with Crippen molar-refractivity contribution in [1.82, 2.24) is 5.32 Å². The van der Waals surface area contributed by atoms with Gasteiger partial charge in [-0.3, -0.25) is 0 Å². The van der Waals surface area contributed by atoms with E-state index in [0.717, 1.165) is 21.5 Å². The molecule has 2 N–H and O–H groups in total. The van der Waals surface area contributed by atoms with Crippen molar-refractivity contribution in [1.29, 1.82) is 0 Å². The van der Waals surface area contributed by atoms with Gasteiger partial charge < -0.3 is 33.7 Å². The summed E-state index contributed by atoms with van der Waals surface area (Å²) in [6, 6.07) is 4.29. The van der Waals surface area contributed by atoms with Crippen LogP contribution in [0.4, 0.5) is 21.9 Å². The van der Waals surface area contributed by atoms with Crippen LogP contribution >= 0.6 is 15.9 Å². The molecule has 8 nitrogen and oxygen atoms in total. The van der Waals surface area contributed by atoms with Gasteiger partial charge in [0.15, 0.2) is 0 Å². The molecule has 0 unspecified atom stereocenters. The van der Waals surface area contributed by atoms with Crippen molar-refractivity contribution >= 4 is 47.8 Å². The summed E-state index contributed by atoms with van der Waals surface area (Å²) < 4.78 is 18.5. The van der Waals surface area contributed by atoms with Gasteiger partial charge in [0.2, 0.25) is 0 Å². The number of urea groups is 1. The molecular formula is C20H37BrN4O4Si. The van der Waals surface area contributed by atoms with E-state index in [0.29, 0.717) is 38.8 Å². The summed E-state index contributed by atoms with van der Waals surface area (Å²) in [6.07, 6.45) is 0.714. The SMILES string of the molecule is CCO[Si](CCCNC(=O)Nc1cc(N(C)C)c(Br)c(N(C)C)c1)(OCC)OCC. The molecule has 0 heterocycles. The zero-order valence-corrected chi connectivity index (χ0v) is 21.9. The molecule has 0 fully saturated rings. The Morgan fingerprint density at radius 2 is 1.43 bits per heavy atom. The highest BCUT2D eigenvalue weighted by Crippen LogP contribution is 2.37. The third-order valence-corrected chi connectivity index (χ3v) is 8.26. The number of benzene rings is 1. The van der Waals surface area contributed by atoms with Crippen molar-refractivity contribution in [2.75, 3.05) is 69.7 Å². The molecule has 1 rings (SSSR count). The minimum absolute atomic E-state index is 0.247. The zero-order valence-electron chi connectivity index (χ0n) is 19.3. The van der Waals surface area contributed by atoms with Gasteiger partial charge in [-0.1, -0.05) is 0 Å². The largest absolute Gasteiger partial charge is 0.500 e. The quantitative estimate of drug-likeness (QED) is 0.310. The van der Waals surface area contributed by atoms with Gasteiger partial charge in [-0.2, -0.15) is 0 Å². The normalized spacial score (nSPS) is 11.3. The Balaban J connectivity index is 2.70. The van der Waals surface area contributed by atoms with Crippen LogP contribution in [0.3, 0.4) is 0 Å². The number of halogens is 1. The van der Waals surface area contributed by atoms with E-state index in [-0.39, 0.29) is 6.03 Å². The molecular weight excluding hydrogens is 468 g/mol. The Hall–Kier alpha value is -1.33. The van der Waals surface area contributed by atoms with Gasteiger partial charge in [0.05, 0.1) is 15.8 Å². The summed E-state index contributed by atoms with van der Waals surface area (Å²) in [6.45, 7) is 7.96. The standard InChI is InChI=1S/C20H37BrN4O4Si/c1-8-27-30(28-9-2,29-10-3)13-11-12-22-20(26)23-16-14-17(24(4)5)19(21)18(15-16)25(6)7/h14-15H,8-13H2,1-7H3,(H2,22,23,26). The number of nitrogens with one attached hydrogen (secondary N) is 2. The van der Waals surface area contributed by atoms with Gasteiger partial charge in [-0.15, -0.1) is 0 Å². The van der Waals surface area contributed by atoms with Crippen LogP contribution in [-0.2, 0) is 13.3 Å². The van der Waals surface area contributed by atoms with Gasteiger partial charge in [-0.25, -0.2) is 4.79 Å². The maximum absolute atomic E-state index is 12.4. The van der Waals surface area contributed by atoms with E-state index in [4.69, 9.17) is 13.3 Å². The van der Waals surface area contributed by atoms with E-state index < -0.39 is 8.80 Å². The first-order chi connectivity index (χ1) is 14.2. The van der Waals surface area contributed by atoms with Crippen LogP contribution < -0.4 is 20.4 Å². The zero-order chi connectivity index (χ0) is 22.7. The third-order valence-electron chi connectivity index (χ3n) is 4.29. The molecule has 0 saturated carbocycles. The maximum atomic E-state index is 12.4. The lowest BCUT2D eigenvalue weighted by molar-refractivity contribution is 0.0708. The second-order valence-corrected chi connectivity index (χ2v) is 10.6. The number of carbonyl (C=O) groups excluding carboxylic acids is 1. The predicted molar refractivity (Wildman–Crippen MR) is 130 cm³/mol. The lowest BCUT2D eigenvalue weighted by Gasteiger charge is -2.28. The molecule has 0 aliphatic heterocycles. The number of hydrogen-bond donors (Lipinski definition) is 2. The van der Waals surface area contributed by atoms with Crippen LogP contribution in [0.2, 0.25) is 6.04 Å². The topological polar surface area (TPSA) is 75.3 Å². The van der Waals surface area contributed by atoms with Crippen molar-refractivity contribution in [3.8, 4) is 0 Å². The van der Waals surface area contributed by atoms with Crippen molar-refractivity contribution in [3.05, 3.63) is 16.6 Å². The number of rotatable bonds is 13. The molecule has 1 aromatic carbocycles. The third kappa shape index (κ3) is 8.07. The Bertz CT molecular complexity index is 630. The summed E-state index contributed by atoms with van der Waals surface area (Å²) in [5, 5.41) is 5.83. The lowest BCUT2D eigenvalue weighted by Crippen LogP contribution is -2.46. The highest BCUT2D eigenvalue weighted by atomic mass is 79.9. The van der Waals surface area contributed by atoms with E-state index >= 15 is 0 Å². The summed E-state index contributed by atoms with van der Waals surface area (Å²) in [7, 11) is 5.19. The molecule has 0 atom stereocenters. The second-order valence-electron chi connectivity index (χ2n) is 7.08. The molecule has 0 aliphatic carbocycles. The lowest BCUT2D eigenvalue weighted by atomic mass is 10.2. The predicted octanol–water partition coefficient (Wildman–Crippen LogP) is 4.14. The molecule has 0 bridgehead atoms. The van der Waals surface area contributed by atoms with Gasteiger partial charge in [0.1, 0.15) is 0 Å². The minimum atomic E-state index is -2.68. The van der Waals surface area contributed by atoms with Crippen LogP contribution in [0.25, 0.3) is 0 Å². The summed E-state index contributed by atoms with van der Waals surface area (Å²) >= 11 is 3.65. The maximum Gasteiger partial charge on any atom is 0.500 e. The molecule has 1 aromatic rings. The molecule has 0 saturated heterocycles. The molecule has 0 spiro atoms. The molecule has 2 amide bonds. The number of hydrogen-bond acceptors (Lipinski definition) is 6. The Labute approximate surface area is 190 Å². The Kier molecular flexibility index (Phi) is 11.7. The Morgan fingerprint density at radius 1 is 0.967 bits per heavy atom. The summed E-state index contributed by atoms with van der Waals surface area (Å²) in [5.41, 5.74) is 2.69. The summed E-state index contributed by atoms with van der Waals surface area (Å²) in [5.74, 6) is 0. The van der Waals surface area contributed by atoms with Crippen LogP contribution in [0.1, 0.15) is 27.2 Å². The van der Waals surface area contributed by atoms with Crippen LogP contribution in [0.15, 0.2) is 16.6 Å². The van der Waals surface area contributed by atoms with Crippen LogP contribution in [0, 0.1) is 0 Å². The fourth-order valence-electron chi connectivity index (χ4n) is 3.00. The van der Waals surface area contributed by atoms with E-state index in [2.05, 4.69) is 26.6 Å². The smallest absolute Gasteiger partial charge is 0.377 e. The molecule has 0 radical (unpaired) electrons. The molecule has 10 heteroatoms. The monoisotopic (exact) mass is 504 g/mol. The van der Waals surface area contributed by atoms with Crippen LogP contribution in [0.5, 0.6) is 0 Å². The van der Waals surface area contributed by atoms with Gasteiger partial charge in [-0.05, 0) is 55.3 Å². The van der Waals surface area contributed by atoms with E-state index in [9.17, 15) is 4.79 Å². The first kappa shape index (κ1) is 26.7. The van der Waals surface area contributed by atoms with Gasteiger partial charge in [0, 0.05) is 66.3 Å². The number of nitrogens with zero attached hydrogens (tertiary/aromatic N) is 2. The fraction of sp³-hybridized carbons (Fsp3) is 0.650. The average molecular weight is 506 g/mol. The molecule has 0 aromatic heterocycles. The number of amides is 2. The molecule has 30 heavy (non-hydrogen) atoms. The van der Waals surface area contributed by atoms with E-state index in [1.165, 1.54) is 0 Å². The highest BCUT2D eigenvalue weighted by Gasteiger charge is 2.39. The van der Waals surface area contributed by atoms with Crippen molar-refractivity contribution in [2.45, 2.75) is 33.2 Å². The summed E-state index contributed by atoms with van der Waals surface area (Å²) in [4.78, 5) is 16.4. The number of anilines is 3. The van der Waals surface area contributed by atoms with Crippen molar-refractivity contribution < 1.29 is 18.1 Å².